The number of benzene rings is 2. The number of hydrogen-bond donors (Lipinski definition) is 3. The van der Waals surface area contributed by atoms with Crippen LogP contribution in [0.3, 0.4) is 0 Å². The van der Waals surface area contributed by atoms with Crippen LogP contribution in [0.4, 0.5) is 0 Å². The van der Waals surface area contributed by atoms with E-state index in [0.717, 1.165) is 22.2 Å². The van der Waals surface area contributed by atoms with Gasteiger partial charge in [0, 0.05) is 18.0 Å². The molecule has 3 N–H and O–H groups in total. The highest BCUT2D eigenvalue weighted by atomic mass is 16.5. The topological polar surface area (TPSA) is 96.5 Å². The van der Waals surface area contributed by atoms with Crippen LogP contribution in [0.25, 0.3) is 11.0 Å². The lowest BCUT2D eigenvalue weighted by molar-refractivity contribution is 0.0910. The first-order valence-corrected chi connectivity index (χ1v) is 11.8. The summed E-state index contributed by atoms with van der Waals surface area (Å²) < 4.78 is 11.3. The summed E-state index contributed by atoms with van der Waals surface area (Å²) in [6, 6.07) is 16.1. The average molecular weight is 484 g/mol. The third-order valence-corrected chi connectivity index (χ3v) is 5.57. The number of aliphatic hydroxyl groups is 1. The van der Waals surface area contributed by atoms with Crippen LogP contribution in [0, 0.1) is 11.8 Å². The Morgan fingerprint density at radius 2 is 1.94 bits per heavy atom. The first-order valence-electron chi connectivity index (χ1n) is 11.8. The van der Waals surface area contributed by atoms with Crippen LogP contribution in [0.1, 0.15) is 40.9 Å². The second kappa shape index (κ2) is 11.4. The Morgan fingerprint density at radius 1 is 1.11 bits per heavy atom. The predicted molar refractivity (Wildman–Crippen MR) is 139 cm³/mol. The molecule has 0 aliphatic rings. The minimum Gasteiger partial charge on any atom is -0.495 e. The molecule has 36 heavy (non-hydrogen) atoms. The molecule has 0 radical (unpaired) electrons. The Balaban J connectivity index is 1.59. The Labute approximate surface area is 210 Å². The molecular formula is C29H29N3O4. The van der Waals surface area contributed by atoms with Crippen LogP contribution in [-0.4, -0.2) is 46.8 Å². The van der Waals surface area contributed by atoms with Crippen molar-refractivity contribution in [2.24, 2.45) is 0 Å². The molecule has 2 aromatic heterocycles. The van der Waals surface area contributed by atoms with Crippen molar-refractivity contribution in [2.75, 3.05) is 13.7 Å². The summed E-state index contributed by atoms with van der Waals surface area (Å²) in [5.74, 6) is 7.00. The summed E-state index contributed by atoms with van der Waals surface area (Å²) in [5.41, 5.74) is 4.41. The third-order valence-electron chi connectivity index (χ3n) is 5.57. The number of pyridine rings is 1. The van der Waals surface area contributed by atoms with Gasteiger partial charge in [0.25, 0.3) is 5.91 Å². The van der Waals surface area contributed by atoms with E-state index < -0.39 is 6.04 Å². The van der Waals surface area contributed by atoms with Gasteiger partial charge in [-0.3, -0.25) is 9.78 Å². The summed E-state index contributed by atoms with van der Waals surface area (Å²) in [4.78, 5) is 20.9. The van der Waals surface area contributed by atoms with Gasteiger partial charge in [0.05, 0.1) is 48.0 Å². The third kappa shape index (κ3) is 5.85. The SMILES string of the molecule is COc1ccccc1C#Cc1ccc(OC(C)C)c(C(=O)NC(CO)Cc2c[nH]c3cccnc23)c1. The van der Waals surface area contributed by atoms with E-state index >= 15 is 0 Å². The fourth-order valence-corrected chi connectivity index (χ4v) is 3.89. The maximum absolute atomic E-state index is 13.3. The van der Waals surface area contributed by atoms with Gasteiger partial charge in [-0.05, 0) is 68.3 Å². The summed E-state index contributed by atoms with van der Waals surface area (Å²) >= 11 is 0. The Kier molecular flexibility index (Phi) is 7.89. The smallest absolute Gasteiger partial charge is 0.255 e. The van der Waals surface area contributed by atoms with Crippen molar-refractivity contribution in [1.82, 2.24) is 15.3 Å². The van der Waals surface area contributed by atoms with Gasteiger partial charge in [-0.25, -0.2) is 0 Å². The minimum atomic E-state index is -0.506. The number of aliphatic hydroxyl groups excluding tert-OH is 1. The molecule has 0 fully saturated rings. The zero-order chi connectivity index (χ0) is 25.5. The number of aromatic nitrogens is 2. The van der Waals surface area contributed by atoms with Gasteiger partial charge in [0.1, 0.15) is 11.5 Å². The zero-order valence-electron chi connectivity index (χ0n) is 20.5. The average Bonchev–Trinajstić information content (AvgIpc) is 3.30. The van der Waals surface area contributed by atoms with Crippen LogP contribution >= 0.6 is 0 Å². The van der Waals surface area contributed by atoms with Crippen molar-refractivity contribution >= 4 is 16.9 Å². The molecule has 0 bridgehead atoms. The molecule has 0 aliphatic carbocycles. The van der Waals surface area contributed by atoms with Gasteiger partial charge in [-0.2, -0.15) is 0 Å². The number of nitrogens with one attached hydrogen (secondary N) is 2. The van der Waals surface area contributed by atoms with E-state index in [1.165, 1.54) is 0 Å². The van der Waals surface area contributed by atoms with Crippen LogP contribution in [0.5, 0.6) is 11.5 Å². The normalized spacial score (nSPS) is 11.6. The molecule has 0 aliphatic heterocycles. The highest BCUT2D eigenvalue weighted by molar-refractivity contribution is 5.97. The van der Waals surface area contributed by atoms with Crippen LogP contribution in [-0.2, 0) is 6.42 Å². The Morgan fingerprint density at radius 3 is 2.72 bits per heavy atom. The second-order valence-corrected chi connectivity index (χ2v) is 8.60. The zero-order valence-corrected chi connectivity index (χ0v) is 20.5. The van der Waals surface area contributed by atoms with Crippen molar-refractivity contribution < 1.29 is 19.4 Å². The number of H-pyrrole nitrogens is 1. The number of para-hydroxylation sites is 1. The number of rotatable bonds is 8. The van der Waals surface area contributed by atoms with E-state index in [1.807, 2.05) is 62.5 Å². The Hall–Kier alpha value is -4.28. The first-order chi connectivity index (χ1) is 17.5. The molecule has 7 heteroatoms. The molecule has 0 spiro atoms. The van der Waals surface area contributed by atoms with E-state index in [9.17, 15) is 9.90 Å². The molecule has 0 saturated heterocycles. The van der Waals surface area contributed by atoms with E-state index in [0.29, 0.717) is 29.0 Å². The number of fused-ring (bicyclic) bond motifs is 1. The number of hydrogen-bond acceptors (Lipinski definition) is 5. The van der Waals surface area contributed by atoms with Crippen molar-refractivity contribution in [1.29, 1.82) is 0 Å². The standard InChI is InChI=1S/C29H29N3O4/c1-19(2)36-27-13-11-20(10-12-21-7-4-5-9-26(21)35-3)15-24(27)29(34)32-23(18-33)16-22-17-31-25-8-6-14-30-28(22)25/h4-9,11,13-15,17,19,23,31,33H,16,18H2,1-3H3,(H,32,34). The number of carbonyl (C=O) groups excluding carboxylic acids is 1. The lowest BCUT2D eigenvalue weighted by atomic mass is 10.1. The molecule has 2 aromatic carbocycles. The molecule has 1 atom stereocenters. The van der Waals surface area contributed by atoms with Crippen molar-refractivity contribution in [2.45, 2.75) is 32.4 Å². The van der Waals surface area contributed by atoms with Crippen molar-refractivity contribution in [3.05, 3.63) is 89.2 Å². The fourth-order valence-electron chi connectivity index (χ4n) is 3.89. The monoisotopic (exact) mass is 483 g/mol. The highest BCUT2D eigenvalue weighted by Crippen LogP contribution is 2.23. The fraction of sp³-hybridized carbons (Fsp3) is 0.241. The quantitative estimate of drug-likeness (QED) is 0.328. The van der Waals surface area contributed by atoms with E-state index in [1.54, 1.807) is 25.4 Å². The molecular weight excluding hydrogens is 454 g/mol. The number of carbonyl (C=O) groups is 1. The molecule has 7 nitrogen and oxygen atoms in total. The molecule has 2 heterocycles. The van der Waals surface area contributed by atoms with E-state index in [-0.39, 0.29) is 18.6 Å². The van der Waals surface area contributed by atoms with Crippen molar-refractivity contribution in [3.63, 3.8) is 0 Å². The number of methoxy groups -OCH3 is 1. The van der Waals surface area contributed by atoms with Gasteiger partial charge < -0.3 is 24.9 Å². The maximum Gasteiger partial charge on any atom is 0.255 e. The predicted octanol–water partition coefficient (Wildman–Crippen LogP) is 4.09. The summed E-state index contributed by atoms with van der Waals surface area (Å²) in [5, 5.41) is 13.0. The summed E-state index contributed by atoms with van der Waals surface area (Å²) in [6.07, 6.45) is 3.88. The molecule has 1 amide bonds. The van der Waals surface area contributed by atoms with E-state index in [4.69, 9.17) is 9.47 Å². The van der Waals surface area contributed by atoms with Gasteiger partial charge >= 0.3 is 0 Å². The van der Waals surface area contributed by atoms with Crippen LogP contribution < -0.4 is 14.8 Å². The number of nitrogens with zero attached hydrogens (tertiary/aromatic N) is 1. The van der Waals surface area contributed by atoms with Crippen LogP contribution in [0.2, 0.25) is 0 Å². The number of aromatic amines is 1. The van der Waals surface area contributed by atoms with Gasteiger partial charge in [0.2, 0.25) is 0 Å². The van der Waals surface area contributed by atoms with Crippen molar-refractivity contribution in [3.8, 4) is 23.3 Å². The second-order valence-electron chi connectivity index (χ2n) is 8.60. The molecule has 4 rings (SSSR count). The van der Waals surface area contributed by atoms with E-state index in [2.05, 4.69) is 27.1 Å². The lowest BCUT2D eigenvalue weighted by Crippen LogP contribution is -2.39. The van der Waals surface area contributed by atoms with Crippen LogP contribution in [0.15, 0.2) is 67.0 Å². The molecule has 4 aromatic rings. The highest BCUT2D eigenvalue weighted by Gasteiger charge is 2.20. The van der Waals surface area contributed by atoms with Gasteiger partial charge in [-0.1, -0.05) is 24.0 Å². The Bertz CT molecular complexity index is 1410. The number of ether oxygens (including phenoxy) is 2. The summed E-state index contributed by atoms with van der Waals surface area (Å²) in [6.45, 7) is 3.58. The lowest BCUT2D eigenvalue weighted by Gasteiger charge is -2.19. The van der Waals surface area contributed by atoms with Gasteiger partial charge in [-0.15, -0.1) is 0 Å². The largest absolute Gasteiger partial charge is 0.495 e. The first kappa shape index (κ1) is 24.8. The summed E-state index contributed by atoms with van der Waals surface area (Å²) in [7, 11) is 1.60. The van der Waals surface area contributed by atoms with Gasteiger partial charge in [0.15, 0.2) is 0 Å². The molecule has 184 valence electrons. The molecule has 1 unspecified atom stereocenters. The number of amides is 1. The molecule has 0 saturated carbocycles. The maximum atomic E-state index is 13.3. The minimum absolute atomic E-state index is 0.118.